The molecule has 0 aliphatic carbocycles. The molecule has 0 aliphatic rings. The lowest BCUT2D eigenvalue weighted by molar-refractivity contribution is -0.115. The smallest absolute Gasteiger partial charge is 0.251 e. The third kappa shape index (κ3) is 5.96. The molecule has 0 atom stereocenters. The van der Waals surface area contributed by atoms with Crippen molar-refractivity contribution in [1.82, 2.24) is 5.32 Å². The van der Waals surface area contributed by atoms with Gasteiger partial charge in [0.15, 0.2) is 0 Å². The van der Waals surface area contributed by atoms with Crippen LogP contribution in [0, 0.1) is 5.82 Å². The van der Waals surface area contributed by atoms with Crippen LogP contribution in [0.15, 0.2) is 83.8 Å². The van der Waals surface area contributed by atoms with E-state index in [1.165, 1.54) is 29.8 Å². The summed E-state index contributed by atoms with van der Waals surface area (Å²) < 4.78 is 12.9. The Hall–Kier alpha value is -3.12. The van der Waals surface area contributed by atoms with Crippen molar-refractivity contribution in [1.29, 1.82) is 0 Å². The zero-order chi connectivity index (χ0) is 19.8. The second-order valence-electron chi connectivity index (χ2n) is 6.04. The maximum absolute atomic E-state index is 12.9. The van der Waals surface area contributed by atoms with Gasteiger partial charge in [0.05, 0.1) is 6.54 Å². The van der Waals surface area contributed by atoms with Gasteiger partial charge in [0.2, 0.25) is 5.91 Å². The van der Waals surface area contributed by atoms with Crippen LogP contribution in [0.2, 0.25) is 0 Å². The fourth-order valence-electron chi connectivity index (χ4n) is 2.44. The summed E-state index contributed by atoms with van der Waals surface area (Å²) in [6, 6.07) is 22.9. The highest BCUT2D eigenvalue weighted by Gasteiger charge is 2.08. The van der Waals surface area contributed by atoms with Crippen LogP contribution in [0.5, 0.6) is 0 Å². The molecule has 2 N–H and O–H groups in total. The van der Waals surface area contributed by atoms with Gasteiger partial charge in [-0.3, -0.25) is 9.59 Å². The van der Waals surface area contributed by atoms with Crippen molar-refractivity contribution in [2.24, 2.45) is 0 Å². The molecule has 3 rings (SSSR count). The summed E-state index contributed by atoms with van der Waals surface area (Å²) in [5, 5.41) is 5.25. The zero-order valence-electron chi connectivity index (χ0n) is 15.0. The molecule has 0 aromatic heterocycles. The van der Waals surface area contributed by atoms with Crippen LogP contribution >= 0.6 is 11.8 Å². The minimum absolute atomic E-state index is 0.166. The van der Waals surface area contributed by atoms with E-state index in [9.17, 15) is 14.0 Å². The monoisotopic (exact) mass is 394 g/mol. The summed E-state index contributed by atoms with van der Waals surface area (Å²) >= 11 is 1.72. The minimum atomic E-state index is -0.428. The topological polar surface area (TPSA) is 58.2 Å². The average molecular weight is 394 g/mol. The molecule has 3 aromatic rings. The molecular weight excluding hydrogens is 375 g/mol. The summed E-state index contributed by atoms with van der Waals surface area (Å²) in [6.45, 7) is -0.166. The molecule has 4 nitrogen and oxygen atoms in total. The molecule has 6 heteroatoms. The van der Waals surface area contributed by atoms with E-state index in [1.807, 2.05) is 42.5 Å². The van der Waals surface area contributed by atoms with Crippen LogP contribution < -0.4 is 10.6 Å². The summed E-state index contributed by atoms with van der Waals surface area (Å²) in [6.07, 6.45) is 0. The number of carbonyl (C=O) groups excluding carboxylic acids is 2. The Balaban J connectivity index is 1.45. The molecule has 0 saturated carbocycles. The van der Waals surface area contributed by atoms with E-state index in [1.54, 1.807) is 11.8 Å². The molecule has 142 valence electrons. The number of hydrogen-bond acceptors (Lipinski definition) is 3. The molecular formula is C22H19FN2O2S. The molecule has 0 saturated heterocycles. The van der Waals surface area contributed by atoms with Gasteiger partial charge in [0.25, 0.3) is 5.91 Å². The first-order valence-electron chi connectivity index (χ1n) is 8.70. The zero-order valence-corrected chi connectivity index (χ0v) is 15.8. The molecule has 0 heterocycles. The maximum Gasteiger partial charge on any atom is 0.251 e. The van der Waals surface area contributed by atoms with Crippen molar-refractivity contribution in [2.75, 3.05) is 11.9 Å². The maximum atomic E-state index is 12.9. The lowest BCUT2D eigenvalue weighted by Crippen LogP contribution is -2.32. The molecule has 0 fully saturated rings. The summed E-state index contributed by atoms with van der Waals surface area (Å²) in [5.74, 6) is -0.301. The summed E-state index contributed by atoms with van der Waals surface area (Å²) in [5.41, 5.74) is 2.21. The van der Waals surface area contributed by atoms with Crippen molar-refractivity contribution in [2.45, 2.75) is 10.6 Å². The Morgan fingerprint density at radius 3 is 2.21 bits per heavy atom. The molecule has 2 amide bonds. The number of amides is 2. The second kappa shape index (κ2) is 9.71. The van der Waals surface area contributed by atoms with Crippen LogP contribution in [0.3, 0.4) is 0 Å². The van der Waals surface area contributed by atoms with Crippen molar-refractivity contribution >= 4 is 29.3 Å². The molecule has 0 bridgehead atoms. The molecule has 28 heavy (non-hydrogen) atoms. The highest BCUT2D eigenvalue weighted by molar-refractivity contribution is 7.98. The van der Waals surface area contributed by atoms with E-state index in [2.05, 4.69) is 22.8 Å². The van der Waals surface area contributed by atoms with Crippen LogP contribution in [0.25, 0.3) is 0 Å². The molecule has 0 unspecified atom stereocenters. The van der Waals surface area contributed by atoms with Gasteiger partial charge in [-0.1, -0.05) is 30.3 Å². The normalized spacial score (nSPS) is 10.3. The van der Waals surface area contributed by atoms with Crippen molar-refractivity contribution < 1.29 is 14.0 Å². The Labute approximate surface area is 167 Å². The first-order valence-corrected chi connectivity index (χ1v) is 9.69. The van der Waals surface area contributed by atoms with Gasteiger partial charge in [-0.15, -0.1) is 11.8 Å². The Kier molecular flexibility index (Phi) is 6.81. The van der Waals surface area contributed by atoms with Crippen molar-refractivity contribution in [3.8, 4) is 0 Å². The summed E-state index contributed by atoms with van der Waals surface area (Å²) in [7, 11) is 0. The number of benzene rings is 3. The van der Waals surface area contributed by atoms with Gasteiger partial charge in [0, 0.05) is 21.9 Å². The largest absolute Gasteiger partial charge is 0.343 e. The third-order valence-electron chi connectivity index (χ3n) is 3.90. The van der Waals surface area contributed by atoms with Gasteiger partial charge in [-0.25, -0.2) is 4.39 Å². The van der Waals surface area contributed by atoms with Gasteiger partial charge >= 0.3 is 0 Å². The highest BCUT2D eigenvalue weighted by atomic mass is 32.2. The first-order chi connectivity index (χ1) is 13.6. The predicted octanol–water partition coefficient (Wildman–Crippen LogP) is 4.49. The van der Waals surface area contributed by atoms with E-state index < -0.39 is 11.7 Å². The number of rotatable bonds is 7. The van der Waals surface area contributed by atoms with Crippen molar-refractivity contribution in [3.05, 3.63) is 95.8 Å². The quantitative estimate of drug-likeness (QED) is 0.581. The molecule has 0 radical (unpaired) electrons. The second-order valence-corrected chi connectivity index (χ2v) is 7.09. The third-order valence-corrected chi connectivity index (χ3v) is 4.99. The van der Waals surface area contributed by atoms with E-state index in [-0.39, 0.29) is 12.5 Å². The Bertz CT molecular complexity index is 929. The molecule has 3 aromatic carbocycles. The lowest BCUT2D eigenvalue weighted by atomic mass is 10.2. The Morgan fingerprint density at radius 2 is 1.54 bits per heavy atom. The number of hydrogen-bond donors (Lipinski definition) is 2. The van der Waals surface area contributed by atoms with Crippen LogP contribution in [0.1, 0.15) is 15.9 Å². The minimum Gasteiger partial charge on any atom is -0.343 e. The highest BCUT2D eigenvalue weighted by Crippen LogP contribution is 2.24. The van der Waals surface area contributed by atoms with E-state index in [4.69, 9.17) is 0 Å². The number of halogens is 1. The van der Waals surface area contributed by atoms with Crippen LogP contribution in [-0.4, -0.2) is 18.4 Å². The van der Waals surface area contributed by atoms with Gasteiger partial charge in [0.1, 0.15) is 5.82 Å². The average Bonchev–Trinajstić information content (AvgIpc) is 2.73. The standard InChI is InChI=1S/C22H19FN2O2S/c23-18-8-6-17(7-9-18)22(27)24-14-21(26)25-19-10-12-20(13-11-19)28-15-16-4-2-1-3-5-16/h1-13H,14-15H2,(H,24,27)(H,25,26). The van der Waals surface area contributed by atoms with Crippen LogP contribution in [0.4, 0.5) is 10.1 Å². The molecule has 0 spiro atoms. The number of thioether (sulfide) groups is 1. The lowest BCUT2D eigenvalue weighted by Gasteiger charge is -2.08. The fourth-order valence-corrected chi connectivity index (χ4v) is 3.30. The number of anilines is 1. The fraction of sp³-hybridized carbons (Fsp3) is 0.0909. The van der Waals surface area contributed by atoms with E-state index >= 15 is 0 Å². The van der Waals surface area contributed by atoms with Crippen molar-refractivity contribution in [3.63, 3.8) is 0 Å². The predicted molar refractivity (Wildman–Crippen MR) is 110 cm³/mol. The van der Waals surface area contributed by atoms with E-state index in [0.717, 1.165) is 10.6 Å². The number of nitrogens with one attached hydrogen (secondary N) is 2. The number of carbonyl (C=O) groups is 2. The van der Waals surface area contributed by atoms with Gasteiger partial charge in [-0.05, 0) is 54.1 Å². The summed E-state index contributed by atoms with van der Waals surface area (Å²) in [4.78, 5) is 25.0. The van der Waals surface area contributed by atoms with Gasteiger partial charge < -0.3 is 10.6 Å². The Morgan fingerprint density at radius 1 is 0.857 bits per heavy atom. The SMILES string of the molecule is O=C(CNC(=O)c1ccc(F)cc1)Nc1ccc(SCc2ccccc2)cc1. The van der Waals surface area contributed by atoms with Gasteiger partial charge in [-0.2, -0.15) is 0 Å². The van der Waals surface area contributed by atoms with E-state index in [0.29, 0.717) is 11.3 Å². The first kappa shape index (κ1) is 19.6. The van der Waals surface area contributed by atoms with Crippen LogP contribution in [-0.2, 0) is 10.5 Å². The molecule has 0 aliphatic heterocycles.